The zero-order valence-electron chi connectivity index (χ0n) is 15.8. The molecule has 2 heterocycles. The van der Waals surface area contributed by atoms with Gasteiger partial charge in [-0.2, -0.15) is 0 Å². The van der Waals surface area contributed by atoms with E-state index in [1.807, 2.05) is 12.1 Å². The molecule has 0 saturated carbocycles. The van der Waals surface area contributed by atoms with Gasteiger partial charge in [-0.15, -0.1) is 10.2 Å². The highest BCUT2D eigenvalue weighted by molar-refractivity contribution is 6.30. The molecule has 9 heteroatoms. The van der Waals surface area contributed by atoms with Gasteiger partial charge in [-0.1, -0.05) is 29.8 Å². The normalized spacial score (nSPS) is 11.0. The molecule has 30 heavy (non-hydrogen) atoms. The van der Waals surface area contributed by atoms with Gasteiger partial charge in [-0.05, 0) is 35.9 Å². The van der Waals surface area contributed by atoms with Crippen LogP contribution in [0.1, 0.15) is 17.8 Å². The van der Waals surface area contributed by atoms with Gasteiger partial charge in [0, 0.05) is 36.8 Å². The summed E-state index contributed by atoms with van der Waals surface area (Å²) in [5.74, 6) is -0.0871. The number of aryl methyl sites for hydroxylation is 1. The molecule has 0 spiro atoms. The number of aromatic nitrogens is 4. The van der Waals surface area contributed by atoms with Crippen LogP contribution in [0.3, 0.4) is 0 Å². The number of carbonyl (C=O) groups is 1. The average molecular weight is 426 g/mol. The lowest BCUT2D eigenvalue weighted by Crippen LogP contribution is -2.23. The Bertz CT molecular complexity index is 1270. The third-order valence-corrected chi connectivity index (χ3v) is 4.86. The van der Waals surface area contributed by atoms with Gasteiger partial charge in [-0.3, -0.25) is 18.6 Å². The summed E-state index contributed by atoms with van der Waals surface area (Å²) < 4.78 is 16.3. The van der Waals surface area contributed by atoms with Crippen molar-refractivity contribution >= 4 is 23.2 Å². The van der Waals surface area contributed by atoms with Crippen molar-refractivity contribution in [3.63, 3.8) is 0 Å². The van der Waals surface area contributed by atoms with Crippen molar-refractivity contribution in [1.29, 1.82) is 0 Å². The maximum Gasteiger partial charge on any atom is 0.300 e. The number of benzene rings is 2. The van der Waals surface area contributed by atoms with Crippen LogP contribution in [-0.2, 0) is 17.8 Å². The minimum absolute atomic E-state index is 0.110. The first-order valence-electron chi connectivity index (χ1n) is 9.23. The van der Waals surface area contributed by atoms with Gasteiger partial charge in [0.25, 0.3) is 0 Å². The smallest absolute Gasteiger partial charge is 0.300 e. The molecule has 4 aromatic rings. The first-order chi connectivity index (χ1) is 14.5. The van der Waals surface area contributed by atoms with E-state index in [0.29, 0.717) is 29.5 Å². The molecule has 0 atom stereocenters. The number of rotatable bonds is 6. The van der Waals surface area contributed by atoms with Gasteiger partial charge < -0.3 is 5.32 Å². The molecule has 0 fully saturated rings. The van der Waals surface area contributed by atoms with Crippen molar-refractivity contribution in [1.82, 2.24) is 24.5 Å². The van der Waals surface area contributed by atoms with Crippen LogP contribution in [0, 0.1) is 5.82 Å². The van der Waals surface area contributed by atoms with Crippen LogP contribution in [0.25, 0.3) is 11.3 Å². The zero-order valence-corrected chi connectivity index (χ0v) is 16.5. The Balaban J connectivity index is 1.45. The summed E-state index contributed by atoms with van der Waals surface area (Å²) in [4.78, 5) is 24.9. The standard InChI is InChI=1S/C21H17ClFN5O2/c22-15-6-4-14(5-7-15)13-24-19(29)9-8-18-25-26-20-21(30)27(10-11-28(18)20)17-3-1-2-16(23)12-17/h1-7,10-12H,8-9,13H2,(H,24,29). The molecule has 0 radical (unpaired) electrons. The number of carbonyl (C=O) groups excluding carboxylic acids is 1. The maximum atomic E-state index is 13.5. The Kier molecular flexibility index (Phi) is 5.58. The van der Waals surface area contributed by atoms with Crippen LogP contribution in [0.5, 0.6) is 0 Å². The highest BCUT2D eigenvalue weighted by atomic mass is 35.5. The lowest BCUT2D eigenvalue weighted by Gasteiger charge is -2.07. The molecule has 1 N–H and O–H groups in total. The van der Waals surface area contributed by atoms with Gasteiger partial charge in [0.05, 0.1) is 5.69 Å². The summed E-state index contributed by atoms with van der Waals surface area (Å²) in [6.07, 6.45) is 3.67. The lowest BCUT2D eigenvalue weighted by atomic mass is 10.2. The van der Waals surface area contributed by atoms with Gasteiger partial charge in [0.1, 0.15) is 11.6 Å². The van der Waals surface area contributed by atoms with Gasteiger partial charge in [-0.25, -0.2) is 4.39 Å². The van der Waals surface area contributed by atoms with E-state index in [2.05, 4.69) is 15.5 Å². The highest BCUT2D eigenvalue weighted by Crippen LogP contribution is 2.10. The topological polar surface area (TPSA) is 81.3 Å². The number of nitrogens with one attached hydrogen (secondary N) is 1. The summed E-state index contributed by atoms with van der Waals surface area (Å²) in [5.41, 5.74) is 1.03. The predicted octanol–water partition coefficient (Wildman–Crippen LogP) is 2.92. The van der Waals surface area contributed by atoms with Crippen LogP contribution >= 0.6 is 11.6 Å². The van der Waals surface area contributed by atoms with Crippen molar-refractivity contribution < 1.29 is 9.18 Å². The van der Waals surface area contributed by atoms with Gasteiger partial charge in [0.2, 0.25) is 11.6 Å². The number of amides is 1. The molecular weight excluding hydrogens is 409 g/mol. The molecule has 152 valence electrons. The Hall–Kier alpha value is -3.52. The van der Waals surface area contributed by atoms with E-state index in [1.54, 1.807) is 28.8 Å². The third-order valence-electron chi connectivity index (χ3n) is 4.61. The molecule has 0 saturated heterocycles. The number of hydrogen-bond donors (Lipinski definition) is 1. The fourth-order valence-electron chi connectivity index (χ4n) is 3.05. The largest absolute Gasteiger partial charge is 0.352 e. The maximum absolute atomic E-state index is 13.5. The van der Waals surface area contributed by atoms with E-state index >= 15 is 0 Å². The van der Waals surface area contributed by atoms with Gasteiger partial charge >= 0.3 is 5.56 Å². The Labute approximate surface area is 175 Å². The predicted molar refractivity (Wildman–Crippen MR) is 110 cm³/mol. The number of hydrogen-bond acceptors (Lipinski definition) is 4. The molecule has 2 aromatic carbocycles. The van der Waals surface area contributed by atoms with Crippen molar-refractivity contribution in [2.24, 2.45) is 0 Å². The monoisotopic (exact) mass is 425 g/mol. The molecule has 4 rings (SSSR count). The first-order valence-corrected chi connectivity index (χ1v) is 9.61. The fourth-order valence-corrected chi connectivity index (χ4v) is 3.18. The van der Waals surface area contributed by atoms with Crippen LogP contribution in [-0.4, -0.2) is 25.1 Å². The van der Waals surface area contributed by atoms with E-state index in [1.165, 1.54) is 29.0 Å². The average Bonchev–Trinajstić information content (AvgIpc) is 3.16. The highest BCUT2D eigenvalue weighted by Gasteiger charge is 2.13. The third kappa shape index (κ3) is 4.23. The second kappa shape index (κ2) is 8.46. The molecule has 1 amide bonds. The summed E-state index contributed by atoms with van der Waals surface area (Å²) in [6, 6.07) is 12.9. The lowest BCUT2D eigenvalue weighted by molar-refractivity contribution is -0.121. The Morgan fingerprint density at radius 1 is 1.10 bits per heavy atom. The van der Waals surface area contributed by atoms with Crippen molar-refractivity contribution in [2.45, 2.75) is 19.4 Å². The second-order valence-electron chi connectivity index (χ2n) is 6.67. The van der Waals surface area contributed by atoms with Crippen molar-refractivity contribution in [3.05, 3.63) is 93.5 Å². The molecule has 0 bridgehead atoms. The second-order valence-corrected chi connectivity index (χ2v) is 7.10. The minimum Gasteiger partial charge on any atom is -0.352 e. The fraction of sp³-hybridized carbons (Fsp3) is 0.143. The summed E-state index contributed by atoms with van der Waals surface area (Å²) in [5, 5.41) is 11.5. The summed E-state index contributed by atoms with van der Waals surface area (Å²) in [7, 11) is 0. The van der Waals surface area contributed by atoms with E-state index in [0.717, 1.165) is 5.56 Å². The molecule has 0 aliphatic heterocycles. The molecule has 0 unspecified atom stereocenters. The van der Waals surface area contributed by atoms with Crippen LogP contribution < -0.4 is 10.9 Å². The molecule has 7 nitrogen and oxygen atoms in total. The van der Waals surface area contributed by atoms with Crippen LogP contribution in [0.4, 0.5) is 4.39 Å². The number of fused-ring (bicyclic) bond motifs is 1. The van der Waals surface area contributed by atoms with Crippen LogP contribution in [0.15, 0.2) is 65.7 Å². The van der Waals surface area contributed by atoms with Crippen molar-refractivity contribution in [2.75, 3.05) is 0 Å². The summed E-state index contributed by atoms with van der Waals surface area (Å²) in [6.45, 7) is 0.398. The molecule has 0 aliphatic carbocycles. The Morgan fingerprint density at radius 3 is 2.67 bits per heavy atom. The molecule has 2 aromatic heterocycles. The number of nitrogens with zero attached hydrogens (tertiary/aromatic N) is 4. The quantitative estimate of drug-likeness (QED) is 0.515. The molecular formula is C21H17ClFN5O2. The van der Waals surface area contributed by atoms with E-state index < -0.39 is 11.4 Å². The Morgan fingerprint density at radius 2 is 1.90 bits per heavy atom. The number of halogens is 2. The van der Waals surface area contributed by atoms with Gasteiger partial charge in [0.15, 0.2) is 0 Å². The SMILES string of the molecule is O=C(CCc1nnc2c(=O)n(-c3cccc(F)c3)ccn12)NCc1ccc(Cl)cc1. The zero-order chi connectivity index (χ0) is 21.1. The first kappa shape index (κ1) is 19.8. The molecule has 0 aliphatic rings. The van der Waals surface area contributed by atoms with E-state index in [-0.39, 0.29) is 18.0 Å². The van der Waals surface area contributed by atoms with Crippen molar-refractivity contribution in [3.8, 4) is 5.69 Å². The summed E-state index contributed by atoms with van der Waals surface area (Å²) >= 11 is 5.85. The van der Waals surface area contributed by atoms with Crippen LogP contribution in [0.2, 0.25) is 5.02 Å². The van der Waals surface area contributed by atoms with E-state index in [9.17, 15) is 14.0 Å². The minimum atomic E-state index is -0.439. The van der Waals surface area contributed by atoms with E-state index in [4.69, 9.17) is 11.6 Å².